The number of aliphatic imine (C=N–C) groups is 1. The fourth-order valence-corrected chi connectivity index (χ4v) is 7.91. The molecule has 1 aromatic rings. The summed E-state index contributed by atoms with van der Waals surface area (Å²) < 4.78 is 52.7. The van der Waals surface area contributed by atoms with Gasteiger partial charge in [-0.3, -0.25) is 19.5 Å². The first-order chi connectivity index (χ1) is 21.5. The van der Waals surface area contributed by atoms with Crippen LogP contribution in [-0.2, 0) is 4.79 Å². The van der Waals surface area contributed by atoms with Gasteiger partial charge in [0.1, 0.15) is 18.0 Å². The first-order valence-corrected chi connectivity index (χ1v) is 17.0. The molecule has 1 aliphatic carbocycles. The highest BCUT2D eigenvalue weighted by Crippen LogP contribution is 2.38. The zero-order valence-electron chi connectivity index (χ0n) is 26.3. The van der Waals surface area contributed by atoms with Crippen molar-refractivity contribution in [1.29, 1.82) is 0 Å². The third-order valence-corrected chi connectivity index (χ3v) is 10.9. The fraction of sp³-hybridized carbons (Fsp3) is 0.667. The monoisotopic (exact) mass is 651 g/mol. The van der Waals surface area contributed by atoms with Crippen molar-refractivity contribution in [2.45, 2.75) is 76.9 Å². The lowest BCUT2D eigenvalue weighted by Gasteiger charge is -2.34. The normalized spacial score (nSPS) is 24.8. The Morgan fingerprint density at radius 2 is 1.69 bits per heavy atom. The van der Waals surface area contributed by atoms with Crippen LogP contribution in [0.15, 0.2) is 22.5 Å². The number of carbonyl (C=O) groups excluding carboxylic acids is 2. The first kappa shape index (κ1) is 33.9. The van der Waals surface area contributed by atoms with Crippen LogP contribution in [0.5, 0.6) is 0 Å². The van der Waals surface area contributed by atoms with Gasteiger partial charge in [0, 0.05) is 63.7 Å². The molecule has 3 aliphatic heterocycles. The predicted molar refractivity (Wildman–Crippen MR) is 171 cm³/mol. The lowest BCUT2D eigenvalue weighted by molar-refractivity contribution is -0.138. The van der Waals surface area contributed by atoms with Gasteiger partial charge in [-0.05, 0) is 105 Å². The standard InChI is InChI=1S/C33H45F4N5O2S/c1-23-21-27(30(43)41-18-16-40(15-12-34)17-19-41)22-24(2)28(23)8-20-45-42-13-10-32(11-14-42)31(44)38-29(39-32)26-5-3-25(4-6-26)7-9-33(35,36)37/h8,20-22,25-26H,3-7,9-19H2,1-2H3,(H,38,39,44)/b20-8+. The Morgan fingerprint density at radius 1 is 1.04 bits per heavy atom. The van der Waals surface area contributed by atoms with Crippen LogP contribution >= 0.6 is 11.9 Å². The molecule has 4 aliphatic rings. The third-order valence-electron chi connectivity index (χ3n) is 9.96. The average Bonchev–Trinajstić information content (AvgIpc) is 3.33. The highest BCUT2D eigenvalue weighted by atomic mass is 32.2. The summed E-state index contributed by atoms with van der Waals surface area (Å²) in [6.07, 6.45) is 1.74. The van der Waals surface area contributed by atoms with Crippen LogP contribution in [-0.4, -0.2) is 96.0 Å². The number of benzene rings is 1. The van der Waals surface area contributed by atoms with Gasteiger partial charge in [-0.15, -0.1) is 0 Å². The number of piperidine rings is 1. The van der Waals surface area contributed by atoms with Crippen molar-refractivity contribution < 1.29 is 27.2 Å². The minimum absolute atomic E-state index is 0.0172. The molecule has 0 unspecified atom stereocenters. The Morgan fingerprint density at radius 3 is 2.29 bits per heavy atom. The topological polar surface area (TPSA) is 68.2 Å². The highest BCUT2D eigenvalue weighted by molar-refractivity contribution is 8.00. The molecule has 1 aromatic carbocycles. The SMILES string of the molecule is Cc1cc(C(=O)N2CCN(CCF)CC2)cc(C)c1/C=C/SN1CCC2(CC1)N=C(C1CCC(CCC(F)(F)F)CC1)NC2=O. The maximum atomic E-state index is 13.1. The molecule has 3 fully saturated rings. The minimum Gasteiger partial charge on any atom is -0.336 e. The van der Waals surface area contributed by atoms with Crippen molar-refractivity contribution in [3.63, 3.8) is 0 Å². The number of nitrogens with one attached hydrogen (secondary N) is 1. The molecule has 2 amide bonds. The predicted octanol–water partition coefficient (Wildman–Crippen LogP) is 6.16. The van der Waals surface area contributed by atoms with Crippen LogP contribution in [0.4, 0.5) is 17.6 Å². The Kier molecular flexibility index (Phi) is 11.0. The number of nitrogens with zero attached hydrogens (tertiary/aromatic N) is 4. The maximum absolute atomic E-state index is 13.1. The van der Waals surface area contributed by atoms with E-state index < -0.39 is 18.1 Å². The molecule has 7 nitrogen and oxygen atoms in total. The Balaban J connectivity index is 1.10. The van der Waals surface area contributed by atoms with E-state index in [-0.39, 0.29) is 36.7 Å². The molecule has 5 rings (SSSR count). The number of amidine groups is 1. The van der Waals surface area contributed by atoms with Crippen molar-refractivity contribution in [2.24, 2.45) is 16.8 Å². The molecule has 12 heteroatoms. The van der Waals surface area contributed by atoms with Gasteiger partial charge in [-0.2, -0.15) is 13.2 Å². The minimum atomic E-state index is -4.10. The summed E-state index contributed by atoms with van der Waals surface area (Å²) in [6, 6.07) is 3.89. The number of aryl methyl sites for hydroxylation is 2. The van der Waals surface area contributed by atoms with Crippen LogP contribution in [0.2, 0.25) is 0 Å². The smallest absolute Gasteiger partial charge is 0.336 e. The number of piperazine rings is 1. The van der Waals surface area contributed by atoms with E-state index in [1.165, 1.54) is 0 Å². The molecule has 0 bridgehead atoms. The second kappa shape index (κ2) is 14.5. The number of hydrogen-bond donors (Lipinski definition) is 1. The number of rotatable bonds is 9. The van der Waals surface area contributed by atoms with E-state index in [1.54, 1.807) is 11.9 Å². The van der Waals surface area contributed by atoms with E-state index >= 15 is 0 Å². The number of hydrogen-bond acceptors (Lipinski definition) is 6. The molecule has 2 saturated heterocycles. The Hall–Kier alpha value is -2.44. The zero-order valence-corrected chi connectivity index (χ0v) is 27.1. The summed E-state index contributed by atoms with van der Waals surface area (Å²) in [5, 5.41) is 5.09. The molecule has 1 saturated carbocycles. The molecular formula is C33H45F4N5O2S. The largest absolute Gasteiger partial charge is 0.389 e. The van der Waals surface area contributed by atoms with Crippen LogP contribution in [0.1, 0.15) is 78.4 Å². The van der Waals surface area contributed by atoms with Gasteiger partial charge in [-0.25, -0.2) is 8.70 Å². The summed E-state index contributed by atoms with van der Waals surface area (Å²) >= 11 is 1.61. The summed E-state index contributed by atoms with van der Waals surface area (Å²) in [7, 11) is 0. The average molecular weight is 652 g/mol. The zero-order chi connectivity index (χ0) is 32.2. The van der Waals surface area contributed by atoms with Crippen LogP contribution < -0.4 is 5.32 Å². The molecule has 45 heavy (non-hydrogen) atoms. The molecule has 1 spiro atoms. The fourth-order valence-electron chi connectivity index (χ4n) is 7.15. The van der Waals surface area contributed by atoms with E-state index in [1.807, 2.05) is 35.8 Å². The lowest BCUT2D eigenvalue weighted by atomic mass is 9.79. The maximum Gasteiger partial charge on any atom is 0.389 e. The highest BCUT2D eigenvalue weighted by Gasteiger charge is 2.47. The van der Waals surface area contributed by atoms with E-state index in [4.69, 9.17) is 4.99 Å². The number of amides is 2. The van der Waals surface area contributed by atoms with Gasteiger partial charge in [0.05, 0.1) is 0 Å². The van der Waals surface area contributed by atoms with Crippen LogP contribution in [0.3, 0.4) is 0 Å². The van der Waals surface area contributed by atoms with E-state index in [2.05, 4.69) is 21.1 Å². The molecule has 0 aromatic heterocycles. The number of carbonyl (C=O) groups is 2. The van der Waals surface area contributed by atoms with Crippen LogP contribution in [0, 0.1) is 25.7 Å². The molecule has 248 valence electrons. The van der Waals surface area contributed by atoms with Crippen molar-refractivity contribution >= 4 is 35.7 Å². The quantitative estimate of drug-likeness (QED) is 0.256. The van der Waals surface area contributed by atoms with E-state index in [0.717, 1.165) is 48.2 Å². The molecule has 3 heterocycles. The molecule has 1 N–H and O–H groups in total. The van der Waals surface area contributed by atoms with Gasteiger partial charge in [0.25, 0.3) is 11.8 Å². The third kappa shape index (κ3) is 8.48. The Labute approximate surface area is 268 Å². The van der Waals surface area contributed by atoms with Gasteiger partial charge in [0.2, 0.25) is 0 Å². The molecule has 0 radical (unpaired) electrons. The van der Waals surface area contributed by atoms with Gasteiger partial charge in [-0.1, -0.05) is 11.9 Å². The summed E-state index contributed by atoms with van der Waals surface area (Å²) in [6.45, 7) is 8.12. The summed E-state index contributed by atoms with van der Waals surface area (Å²) in [5.41, 5.74) is 3.08. The van der Waals surface area contributed by atoms with Crippen LogP contribution in [0.25, 0.3) is 6.08 Å². The number of halogens is 4. The summed E-state index contributed by atoms with van der Waals surface area (Å²) in [4.78, 5) is 35.0. The molecule has 0 atom stereocenters. The van der Waals surface area contributed by atoms with Gasteiger partial charge >= 0.3 is 6.18 Å². The van der Waals surface area contributed by atoms with E-state index in [9.17, 15) is 27.2 Å². The summed E-state index contributed by atoms with van der Waals surface area (Å²) in [5.74, 6) is 0.930. The first-order valence-electron chi connectivity index (χ1n) is 16.2. The van der Waals surface area contributed by atoms with Crippen molar-refractivity contribution in [3.8, 4) is 0 Å². The second-order valence-corrected chi connectivity index (χ2v) is 14.0. The van der Waals surface area contributed by atoms with Crippen molar-refractivity contribution in [1.82, 2.24) is 19.4 Å². The van der Waals surface area contributed by atoms with Crippen molar-refractivity contribution in [2.75, 3.05) is 52.5 Å². The van der Waals surface area contributed by atoms with Crippen molar-refractivity contribution in [3.05, 3.63) is 39.8 Å². The number of alkyl halides is 4. The Bertz CT molecular complexity index is 1260. The van der Waals surface area contributed by atoms with Gasteiger partial charge in [0.15, 0.2) is 0 Å². The second-order valence-electron chi connectivity index (χ2n) is 13.0. The van der Waals surface area contributed by atoms with Gasteiger partial charge < -0.3 is 10.2 Å². The molecular weight excluding hydrogens is 606 g/mol. The van der Waals surface area contributed by atoms with E-state index in [0.29, 0.717) is 64.2 Å². The lowest BCUT2D eigenvalue weighted by Crippen LogP contribution is -2.49.